The van der Waals surface area contributed by atoms with E-state index in [1.165, 1.54) is 0 Å². The lowest BCUT2D eigenvalue weighted by Crippen LogP contribution is -2.48. The van der Waals surface area contributed by atoms with Gasteiger partial charge in [0.15, 0.2) is 0 Å². The number of carbonyl (C=O) groups is 2. The second kappa shape index (κ2) is 6.73. The van der Waals surface area contributed by atoms with Crippen LogP contribution >= 0.6 is 11.3 Å². The number of rotatable bonds is 3. The Labute approximate surface area is 145 Å². The predicted molar refractivity (Wildman–Crippen MR) is 94.7 cm³/mol. The molecule has 1 aromatic heterocycles. The molecular formula is C18H21N3O2S. The standard InChI is InChI=1S/C18H21N3O2S/c1-11-10-24-17(20-11)13-5-7-14(8-6-13)18(23)21-9-15(16(19)22)4-3-12(21)2/h5-8,10,12,15H,3-4,9H2,1-2H3,(H2,19,22)/t12-,15-/m0/s1. The third-order valence-electron chi connectivity index (χ3n) is 4.54. The summed E-state index contributed by atoms with van der Waals surface area (Å²) in [6.07, 6.45) is 1.55. The molecule has 0 unspecified atom stereocenters. The van der Waals surface area contributed by atoms with Gasteiger partial charge in [-0.1, -0.05) is 12.1 Å². The van der Waals surface area contributed by atoms with Gasteiger partial charge < -0.3 is 10.6 Å². The monoisotopic (exact) mass is 343 g/mol. The average molecular weight is 343 g/mol. The van der Waals surface area contributed by atoms with Crippen molar-refractivity contribution in [2.75, 3.05) is 6.54 Å². The number of primary amides is 1. The second-order valence-electron chi connectivity index (χ2n) is 6.35. The molecule has 2 aromatic rings. The molecule has 24 heavy (non-hydrogen) atoms. The molecule has 0 radical (unpaired) electrons. The summed E-state index contributed by atoms with van der Waals surface area (Å²) >= 11 is 1.59. The third-order valence-corrected chi connectivity index (χ3v) is 5.55. The quantitative estimate of drug-likeness (QED) is 0.931. The molecular weight excluding hydrogens is 322 g/mol. The van der Waals surface area contributed by atoms with Gasteiger partial charge >= 0.3 is 0 Å². The molecule has 126 valence electrons. The summed E-state index contributed by atoms with van der Waals surface area (Å²) in [6.45, 7) is 4.38. The van der Waals surface area contributed by atoms with Gasteiger partial charge in [-0.25, -0.2) is 4.98 Å². The lowest BCUT2D eigenvalue weighted by Gasteiger charge is -2.37. The van der Waals surface area contributed by atoms with Gasteiger partial charge in [-0.3, -0.25) is 9.59 Å². The lowest BCUT2D eigenvalue weighted by molar-refractivity contribution is -0.123. The first-order chi connectivity index (χ1) is 11.5. The third kappa shape index (κ3) is 3.33. The summed E-state index contributed by atoms with van der Waals surface area (Å²) in [5, 5.41) is 2.96. The van der Waals surface area contributed by atoms with E-state index in [0.29, 0.717) is 12.1 Å². The Morgan fingerprint density at radius 2 is 1.96 bits per heavy atom. The Kier molecular flexibility index (Phi) is 4.66. The average Bonchev–Trinajstić information content (AvgIpc) is 3.01. The molecule has 0 saturated carbocycles. The molecule has 1 saturated heterocycles. The molecule has 3 rings (SSSR count). The van der Waals surface area contributed by atoms with Gasteiger partial charge in [0.1, 0.15) is 5.01 Å². The van der Waals surface area contributed by atoms with Gasteiger partial charge in [-0.2, -0.15) is 0 Å². The molecule has 1 aromatic carbocycles. The maximum Gasteiger partial charge on any atom is 0.254 e. The number of piperidine rings is 1. The molecule has 2 N–H and O–H groups in total. The van der Waals surface area contributed by atoms with E-state index in [1.807, 2.05) is 43.5 Å². The molecule has 6 heteroatoms. The summed E-state index contributed by atoms with van der Waals surface area (Å²) in [7, 11) is 0. The van der Waals surface area contributed by atoms with E-state index in [0.717, 1.165) is 29.1 Å². The summed E-state index contributed by atoms with van der Waals surface area (Å²) in [6, 6.07) is 7.62. The number of nitrogens with zero attached hydrogens (tertiary/aromatic N) is 2. The van der Waals surface area contributed by atoms with Crippen LogP contribution in [0.1, 0.15) is 35.8 Å². The minimum absolute atomic E-state index is 0.0460. The largest absolute Gasteiger partial charge is 0.369 e. The molecule has 2 amide bonds. The smallest absolute Gasteiger partial charge is 0.254 e. The van der Waals surface area contributed by atoms with Crippen LogP contribution in [0.5, 0.6) is 0 Å². The maximum absolute atomic E-state index is 12.8. The Morgan fingerprint density at radius 3 is 2.54 bits per heavy atom. The molecule has 1 aliphatic rings. The normalized spacial score (nSPS) is 20.8. The number of hydrogen-bond acceptors (Lipinski definition) is 4. The molecule has 1 fully saturated rings. The Morgan fingerprint density at radius 1 is 1.25 bits per heavy atom. The molecule has 0 aliphatic carbocycles. The van der Waals surface area contributed by atoms with E-state index in [2.05, 4.69) is 4.98 Å². The highest BCUT2D eigenvalue weighted by Crippen LogP contribution is 2.26. The van der Waals surface area contributed by atoms with Crippen molar-refractivity contribution in [3.05, 3.63) is 40.9 Å². The molecule has 2 heterocycles. The zero-order valence-electron chi connectivity index (χ0n) is 13.9. The molecule has 1 aliphatic heterocycles. The number of hydrogen-bond donors (Lipinski definition) is 1. The number of aromatic nitrogens is 1. The molecule has 5 nitrogen and oxygen atoms in total. The van der Waals surface area contributed by atoms with Crippen molar-refractivity contribution in [3.8, 4) is 10.6 Å². The topological polar surface area (TPSA) is 76.3 Å². The summed E-state index contributed by atoms with van der Waals surface area (Å²) in [5.41, 5.74) is 8.05. The first kappa shape index (κ1) is 16.6. The van der Waals surface area contributed by atoms with E-state index in [9.17, 15) is 9.59 Å². The van der Waals surface area contributed by atoms with Crippen molar-refractivity contribution < 1.29 is 9.59 Å². The van der Waals surface area contributed by atoms with Gasteiger partial charge in [-0.05, 0) is 38.8 Å². The minimum atomic E-state index is -0.325. The van der Waals surface area contributed by atoms with Crippen molar-refractivity contribution in [1.29, 1.82) is 0 Å². The van der Waals surface area contributed by atoms with Crippen molar-refractivity contribution in [2.24, 2.45) is 11.7 Å². The number of likely N-dealkylation sites (tertiary alicyclic amines) is 1. The van der Waals surface area contributed by atoms with Gasteiger partial charge in [0.2, 0.25) is 5.91 Å². The Balaban J connectivity index is 1.78. The van der Waals surface area contributed by atoms with Crippen LogP contribution in [0.25, 0.3) is 10.6 Å². The molecule has 2 atom stereocenters. The highest BCUT2D eigenvalue weighted by Gasteiger charge is 2.32. The van der Waals surface area contributed by atoms with Gasteiger partial charge in [-0.15, -0.1) is 11.3 Å². The SMILES string of the molecule is Cc1csc(-c2ccc(C(=O)N3C[C@@H](C(N)=O)CC[C@@H]3C)cc2)n1. The fraction of sp³-hybridized carbons (Fsp3) is 0.389. The van der Waals surface area contributed by atoms with Gasteiger partial charge in [0, 0.05) is 34.8 Å². The highest BCUT2D eigenvalue weighted by atomic mass is 32.1. The van der Waals surface area contributed by atoms with Gasteiger partial charge in [0.25, 0.3) is 5.91 Å². The van der Waals surface area contributed by atoms with Crippen LogP contribution in [0.3, 0.4) is 0 Å². The Bertz CT molecular complexity index is 754. The maximum atomic E-state index is 12.8. The number of carbonyl (C=O) groups excluding carboxylic acids is 2. The van der Waals surface area contributed by atoms with E-state index in [1.54, 1.807) is 16.2 Å². The number of aryl methyl sites for hydroxylation is 1. The zero-order chi connectivity index (χ0) is 17.3. The second-order valence-corrected chi connectivity index (χ2v) is 7.21. The fourth-order valence-electron chi connectivity index (χ4n) is 3.03. The summed E-state index contributed by atoms with van der Waals surface area (Å²) < 4.78 is 0. The van der Waals surface area contributed by atoms with Gasteiger partial charge in [0.05, 0.1) is 5.92 Å². The van der Waals surface area contributed by atoms with Crippen molar-refractivity contribution in [3.63, 3.8) is 0 Å². The minimum Gasteiger partial charge on any atom is -0.369 e. The lowest BCUT2D eigenvalue weighted by atomic mass is 9.92. The predicted octanol–water partition coefficient (Wildman–Crippen LogP) is 2.84. The summed E-state index contributed by atoms with van der Waals surface area (Å²) in [4.78, 5) is 30.5. The van der Waals surface area contributed by atoms with E-state index >= 15 is 0 Å². The van der Waals surface area contributed by atoms with Crippen molar-refractivity contribution >= 4 is 23.2 Å². The molecule has 0 spiro atoms. The van der Waals surface area contributed by atoms with Crippen LogP contribution in [0.2, 0.25) is 0 Å². The summed E-state index contributed by atoms with van der Waals surface area (Å²) in [5.74, 6) is -0.618. The van der Waals surface area contributed by atoms with Crippen LogP contribution in [0.4, 0.5) is 0 Å². The van der Waals surface area contributed by atoms with E-state index < -0.39 is 0 Å². The fourth-order valence-corrected chi connectivity index (χ4v) is 3.83. The van der Waals surface area contributed by atoms with Crippen LogP contribution in [0.15, 0.2) is 29.6 Å². The number of thiazole rings is 1. The van der Waals surface area contributed by atoms with Crippen LogP contribution < -0.4 is 5.73 Å². The van der Waals surface area contributed by atoms with E-state index in [4.69, 9.17) is 5.73 Å². The van der Waals surface area contributed by atoms with Crippen molar-refractivity contribution in [2.45, 2.75) is 32.7 Å². The zero-order valence-corrected chi connectivity index (χ0v) is 14.7. The van der Waals surface area contributed by atoms with Crippen molar-refractivity contribution in [1.82, 2.24) is 9.88 Å². The molecule has 0 bridgehead atoms. The Hall–Kier alpha value is -2.21. The van der Waals surface area contributed by atoms with Crippen LogP contribution in [-0.2, 0) is 4.79 Å². The number of benzene rings is 1. The number of nitrogens with two attached hydrogens (primary N) is 1. The number of amides is 2. The van der Waals surface area contributed by atoms with E-state index in [-0.39, 0.29) is 23.8 Å². The van der Waals surface area contributed by atoms with Crippen LogP contribution in [-0.4, -0.2) is 34.3 Å². The first-order valence-corrected chi connectivity index (χ1v) is 8.96. The van der Waals surface area contributed by atoms with Crippen LogP contribution in [0, 0.1) is 12.8 Å². The first-order valence-electron chi connectivity index (χ1n) is 8.08. The highest BCUT2D eigenvalue weighted by molar-refractivity contribution is 7.13.